The van der Waals surface area contributed by atoms with Gasteiger partial charge < -0.3 is 15.5 Å². The van der Waals surface area contributed by atoms with E-state index in [0.29, 0.717) is 12.6 Å². The first-order valence-corrected chi connectivity index (χ1v) is 6.92. The molecule has 2 N–H and O–H groups in total. The van der Waals surface area contributed by atoms with Crippen LogP contribution in [0.3, 0.4) is 0 Å². The highest BCUT2D eigenvalue weighted by Gasteiger charge is 2.17. The van der Waals surface area contributed by atoms with Crippen LogP contribution >= 0.6 is 0 Å². The summed E-state index contributed by atoms with van der Waals surface area (Å²) in [7, 11) is 2.12. The first-order valence-electron chi connectivity index (χ1n) is 6.92. The molecule has 0 saturated carbocycles. The van der Waals surface area contributed by atoms with Crippen molar-refractivity contribution in [1.82, 2.24) is 15.5 Å². The van der Waals surface area contributed by atoms with Crippen LogP contribution in [-0.2, 0) is 6.54 Å². The molecule has 1 aliphatic rings. The maximum atomic E-state index is 11.8. The summed E-state index contributed by atoms with van der Waals surface area (Å²) in [6, 6.07) is 8.45. The topological polar surface area (TPSA) is 44.4 Å². The zero-order chi connectivity index (χ0) is 13.7. The summed E-state index contributed by atoms with van der Waals surface area (Å²) in [6.45, 7) is 4.76. The molecule has 1 aromatic rings. The van der Waals surface area contributed by atoms with Gasteiger partial charge in [-0.2, -0.15) is 0 Å². The van der Waals surface area contributed by atoms with E-state index in [1.807, 2.05) is 12.1 Å². The van der Waals surface area contributed by atoms with Gasteiger partial charge in [-0.1, -0.05) is 29.8 Å². The van der Waals surface area contributed by atoms with Crippen LogP contribution in [0.25, 0.3) is 0 Å². The van der Waals surface area contributed by atoms with Crippen molar-refractivity contribution in [2.24, 2.45) is 0 Å². The van der Waals surface area contributed by atoms with Crippen LogP contribution < -0.4 is 10.6 Å². The number of carbonyl (C=O) groups is 1. The van der Waals surface area contributed by atoms with Gasteiger partial charge in [-0.3, -0.25) is 0 Å². The molecule has 0 aliphatic carbocycles. The number of carbonyl (C=O) groups excluding carboxylic acids is 1. The van der Waals surface area contributed by atoms with Crippen molar-refractivity contribution in [1.29, 1.82) is 0 Å². The van der Waals surface area contributed by atoms with Crippen molar-refractivity contribution in [3.8, 4) is 0 Å². The van der Waals surface area contributed by atoms with Gasteiger partial charge in [0.25, 0.3) is 0 Å². The second-order valence-corrected chi connectivity index (χ2v) is 5.39. The maximum absolute atomic E-state index is 11.8. The lowest BCUT2D eigenvalue weighted by Crippen LogP contribution is -2.46. The molecule has 0 aromatic heterocycles. The van der Waals surface area contributed by atoms with Gasteiger partial charge in [0.05, 0.1) is 0 Å². The number of benzene rings is 1. The highest BCUT2D eigenvalue weighted by atomic mass is 16.2. The summed E-state index contributed by atoms with van der Waals surface area (Å²) in [6.07, 6.45) is 2.07. The third-order valence-electron chi connectivity index (χ3n) is 3.59. The minimum atomic E-state index is -0.0592. The van der Waals surface area contributed by atoms with Gasteiger partial charge >= 0.3 is 6.03 Å². The number of urea groups is 1. The number of aryl methyl sites for hydroxylation is 1. The molecule has 0 unspecified atom stereocenters. The lowest BCUT2D eigenvalue weighted by Gasteiger charge is -2.29. The van der Waals surface area contributed by atoms with Gasteiger partial charge in [-0.15, -0.1) is 0 Å². The molecule has 0 atom stereocenters. The highest BCUT2D eigenvalue weighted by Crippen LogP contribution is 2.08. The Balaban J connectivity index is 1.73. The van der Waals surface area contributed by atoms with Gasteiger partial charge in [0.2, 0.25) is 0 Å². The maximum Gasteiger partial charge on any atom is 0.315 e. The van der Waals surface area contributed by atoms with Crippen molar-refractivity contribution in [2.75, 3.05) is 20.1 Å². The van der Waals surface area contributed by atoms with Gasteiger partial charge in [-0.05, 0) is 45.5 Å². The monoisotopic (exact) mass is 261 g/mol. The van der Waals surface area contributed by atoms with Crippen molar-refractivity contribution in [3.63, 3.8) is 0 Å². The quantitative estimate of drug-likeness (QED) is 0.872. The number of nitrogens with one attached hydrogen (secondary N) is 2. The molecule has 2 amide bonds. The zero-order valence-electron chi connectivity index (χ0n) is 11.8. The van der Waals surface area contributed by atoms with E-state index in [0.717, 1.165) is 31.5 Å². The average molecular weight is 261 g/mol. The second kappa shape index (κ2) is 6.57. The summed E-state index contributed by atoms with van der Waals surface area (Å²) in [5, 5.41) is 5.97. The van der Waals surface area contributed by atoms with Crippen LogP contribution in [0.1, 0.15) is 24.0 Å². The van der Waals surface area contributed by atoms with E-state index < -0.39 is 0 Å². The first-order chi connectivity index (χ1) is 9.13. The van der Waals surface area contributed by atoms with Gasteiger partial charge in [0.1, 0.15) is 0 Å². The minimum absolute atomic E-state index is 0.0592. The standard InChI is InChI=1S/C15H23N3O/c1-12-4-3-5-13(10-12)11-16-15(19)17-14-6-8-18(2)9-7-14/h3-5,10,14H,6-9,11H2,1-2H3,(H2,16,17,19). The summed E-state index contributed by atoms with van der Waals surface area (Å²) < 4.78 is 0. The van der Waals surface area contributed by atoms with E-state index in [1.54, 1.807) is 0 Å². The number of hydrogen-bond acceptors (Lipinski definition) is 2. The lowest BCUT2D eigenvalue weighted by molar-refractivity contribution is 0.213. The molecule has 1 aromatic carbocycles. The third kappa shape index (κ3) is 4.56. The van der Waals surface area contributed by atoms with Crippen LogP contribution in [0.4, 0.5) is 4.79 Å². The Morgan fingerprint density at radius 3 is 2.79 bits per heavy atom. The summed E-state index contributed by atoms with van der Waals surface area (Å²) in [5.41, 5.74) is 2.36. The number of hydrogen-bond donors (Lipinski definition) is 2. The molecule has 1 aliphatic heterocycles. The average Bonchev–Trinajstić information content (AvgIpc) is 2.39. The molecule has 1 heterocycles. The fraction of sp³-hybridized carbons (Fsp3) is 0.533. The number of piperidine rings is 1. The Morgan fingerprint density at radius 1 is 1.37 bits per heavy atom. The molecule has 0 spiro atoms. The largest absolute Gasteiger partial charge is 0.335 e. The third-order valence-corrected chi connectivity index (χ3v) is 3.59. The van der Waals surface area contributed by atoms with E-state index in [9.17, 15) is 4.79 Å². The molecule has 4 heteroatoms. The van der Waals surface area contributed by atoms with Crippen LogP contribution in [0.15, 0.2) is 24.3 Å². The normalized spacial score (nSPS) is 17.2. The highest BCUT2D eigenvalue weighted by molar-refractivity contribution is 5.74. The zero-order valence-corrected chi connectivity index (χ0v) is 11.8. The Bertz CT molecular complexity index is 425. The summed E-state index contributed by atoms with van der Waals surface area (Å²) in [5.74, 6) is 0. The Kier molecular flexibility index (Phi) is 4.80. The molecule has 1 saturated heterocycles. The summed E-state index contributed by atoms with van der Waals surface area (Å²) >= 11 is 0. The fourth-order valence-corrected chi connectivity index (χ4v) is 2.39. The number of amides is 2. The van der Waals surface area contributed by atoms with Crippen molar-refractivity contribution >= 4 is 6.03 Å². The van der Waals surface area contributed by atoms with Crippen LogP contribution in [-0.4, -0.2) is 37.1 Å². The molecular weight excluding hydrogens is 238 g/mol. The number of nitrogens with zero attached hydrogens (tertiary/aromatic N) is 1. The van der Waals surface area contributed by atoms with Crippen LogP contribution in [0.5, 0.6) is 0 Å². The van der Waals surface area contributed by atoms with Gasteiger partial charge in [-0.25, -0.2) is 4.79 Å². The van der Waals surface area contributed by atoms with Crippen LogP contribution in [0, 0.1) is 6.92 Å². The van der Waals surface area contributed by atoms with E-state index in [4.69, 9.17) is 0 Å². The van der Waals surface area contributed by atoms with Gasteiger partial charge in [0.15, 0.2) is 0 Å². The molecule has 0 bridgehead atoms. The Hall–Kier alpha value is -1.55. The molecule has 104 valence electrons. The molecule has 19 heavy (non-hydrogen) atoms. The number of rotatable bonds is 3. The predicted octanol–water partition coefficient (Wildman–Crippen LogP) is 1.89. The lowest BCUT2D eigenvalue weighted by atomic mass is 10.1. The smallest absolute Gasteiger partial charge is 0.315 e. The Labute approximate surface area is 115 Å². The van der Waals surface area contributed by atoms with Crippen molar-refractivity contribution < 1.29 is 4.79 Å². The van der Waals surface area contributed by atoms with E-state index in [2.05, 4.69) is 41.6 Å². The van der Waals surface area contributed by atoms with Gasteiger partial charge in [0, 0.05) is 12.6 Å². The molecule has 2 rings (SSSR count). The summed E-state index contributed by atoms with van der Waals surface area (Å²) in [4.78, 5) is 14.1. The van der Waals surface area contributed by atoms with Crippen molar-refractivity contribution in [3.05, 3.63) is 35.4 Å². The minimum Gasteiger partial charge on any atom is -0.335 e. The van der Waals surface area contributed by atoms with E-state index >= 15 is 0 Å². The van der Waals surface area contributed by atoms with Crippen molar-refractivity contribution in [2.45, 2.75) is 32.4 Å². The molecule has 1 fully saturated rings. The Morgan fingerprint density at radius 2 is 2.11 bits per heavy atom. The van der Waals surface area contributed by atoms with E-state index in [1.165, 1.54) is 5.56 Å². The SMILES string of the molecule is Cc1cccc(CNC(=O)NC2CCN(C)CC2)c1. The molecule has 0 radical (unpaired) electrons. The predicted molar refractivity (Wildman–Crippen MR) is 77.1 cm³/mol. The second-order valence-electron chi connectivity index (χ2n) is 5.39. The molecular formula is C15H23N3O. The molecule has 4 nitrogen and oxygen atoms in total. The fourth-order valence-electron chi connectivity index (χ4n) is 2.39. The number of likely N-dealkylation sites (tertiary alicyclic amines) is 1. The van der Waals surface area contributed by atoms with Crippen LogP contribution in [0.2, 0.25) is 0 Å². The van der Waals surface area contributed by atoms with E-state index in [-0.39, 0.29) is 6.03 Å². The first kappa shape index (κ1) is 13.9.